The fourth-order valence-corrected chi connectivity index (χ4v) is 3.17. The lowest BCUT2D eigenvalue weighted by Crippen LogP contribution is -2.09. The van der Waals surface area contributed by atoms with Crippen LogP contribution in [0.1, 0.15) is 29.8 Å². The fourth-order valence-electron chi connectivity index (χ4n) is 3.17. The van der Waals surface area contributed by atoms with E-state index in [9.17, 15) is 0 Å². The Bertz CT molecular complexity index is 882. The molecular weight excluding hydrogens is 314 g/mol. The minimum Gasteiger partial charge on any atom is -0.471 e. The van der Waals surface area contributed by atoms with Crippen molar-refractivity contribution in [3.63, 3.8) is 0 Å². The zero-order chi connectivity index (χ0) is 17.1. The summed E-state index contributed by atoms with van der Waals surface area (Å²) in [5, 5.41) is 0. The average molecular weight is 333 g/mol. The molecule has 0 saturated carbocycles. The van der Waals surface area contributed by atoms with Gasteiger partial charge in [0.1, 0.15) is 18.8 Å². The molecule has 25 heavy (non-hydrogen) atoms. The lowest BCUT2D eigenvalue weighted by Gasteiger charge is -2.20. The molecule has 1 aliphatic carbocycles. The van der Waals surface area contributed by atoms with E-state index in [1.54, 1.807) is 12.4 Å². The van der Waals surface area contributed by atoms with E-state index in [1.165, 1.54) is 12.0 Å². The second-order valence-electron chi connectivity index (χ2n) is 6.11. The molecule has 126 valence electrons. The minimum atomic E-state index is 0.335. The third kappa shape index (κ3) is 3.42. The highest BCUT2D eigenvalue weighted by molar-refractivity contribution is 5.68. The van der Waals surface area contributed by atoms with Crippen LogP contribution < -0.4 is 10.5 Å². The van der Waals surface area contributed by atoms with Gasteiger partial charge in [0.2, 0.25) is 5.88 Å². The smallest absolute Gasteiger partial charge is 0.214 e. The lowest BCUT2D eigenvalue weighted by molar-refractivity contribution is 0.288. The molecule has 6 heteroatoms. The summed E-state index contributed by atoms with van der Waals surface area (Å²) in [6.07, 6.45) is 9.56. The number of anilines is 1. The van der Waals surface area contributed by atoms with Crippen molar-refractivity contribution >= 4 is 5.82 Å². The van der Waals surface area contributed by atoms with Crippen molar-refractivity contribution in [2.45, 2.75) is 32.3 Å². The molecule has 3 aromatic heterocycles. The van der Waals surface area contributed by atoms with Crippen molar-refractivity contribution in [1.82, 2.24) is 19.9 Å². The molecule has 0 bridgehead atoms. The Hall–Kier alpha value is -3.02. The summed E-state index contributed by atoms with van der Waals surface area (Å²) < 4.78 is 5.91. The number of aromatic nitrogens is 4. The van der Waals surface area contributed by atoms with E-state index in [4.69, 9.17) is 15.5 Å². The normalized spacial score (nSPS) is 13.3. The number of nitrogen functional groups attached to an aromatic ring is 1. The topological polar surface area (TPSA) is 86.8 Å². The quantitative estimate of drug-likeness (QED) is 0.790. The molecule has 1 aliphatic rings. The molecule has 0 unspecified atom stereocenters. The summed E-state index contributed by atoms with van der Waals surface area (Å²) in [6.45, 7) is 0.335. The number of nitrogens with zero attached hydrogens (tertiary/aromatic N) is 4. The van der Waals surface area contributed by atoms with E-state index in [1.807, 2.05) is 30.6 Å². The molecule has 0 radical (unpaired) electrons. The van der Waals surface area contributed by atoms with Gasteiger partial charge in [-0.05, 0) is 48.9 Å². The number of rotatable bonds is 4. The number of aryl methyl sites for hydroxylation is 1. The van der Waals surface area contributed by atoms with Gasteiger partial charge in [0.05, 0.1) is 5.69 Å². The minimum absolute atomic E-state index is 0.335. The summed E-state index contributed by atoms with van der Waals surface area (Å²) in [4.78, 5) is 17.3. The molecule has 4 rings (SSSR count). The van der Waals surface area contributed by atoms with Crippen LogP contribution in [-0.2, 0) is 19.4 Å². The molecule has 0 aromatic carbocycles. The van der Waals surface area contributed by atoms with Crippen LogP contribution in [-0.4, -0.2) is 19.9 Å². The molecule has 0 spiro atoms. The van der Waals surface area contributed by atoms with Gasteiger partial charge < -0.3 is 10.5 Å². The van der Waals surface area contributed by atoms with Crippen LogP contribution in [0.15, 0.2) is 43.0 Å². The molecule has 2 N–H and O–H groups in total. The highest BCUT2D eigenvalue weighted by Crippen LogP contribution is 2.33. The largest absolute Gasteiger partial charge is 0.471 e. The second kappa shape index (κ2) is 6.84. The first-order chi connectivity index (χ1) is 12.3. The lowest BCUT2D eigenvalue weighted by atomic mass is 9.90. The molecular formula is C19H19N5O. The van der Waals surface area contributed by atoms with Gasteiger partial charge in [-0.15, -0.1) is 0 Å². The highest BCUT2D eigenvalue weighted by Gasteiger charge is 2.18. The maximum atomic E-state index is 5.91. The predicted octanol–water partition coefficient (Wildman–Crippen LogP) is 2.97. The van der Waals surface area contributed by atoms with Crippen molar-refractivity contribution in [2.75, 3.05) is 5.73 Å². The van der Waals surface area contributed by atoms with Crippen molar-refractivity contribution in [3.8, 4) is 17.0 Å². The van der Waals surface area contributed by atoms with Crippen LogP contribution in [0, 0.1) is 0 Å². The van der Waals surface area contributed by atoms with E-state index >= 15 is 0 Å². The predicted molar refractivity (Wildman–Crippen MR) is 94.9 cm³/mol. The van der Waals surface area contributed by atoms with Crippen LogP contribution in [0.5, 0.6) is 5.88 Å². The molecule has 0 fully saturated rings. The van der Waals surface area contributed by atoms with E-state index < -0.39 is 0 Å². The van der Waals surface area contributed by atoms with Gasteiger partial charge in [0.25, 0.3) is 0 Å². The Morgan fingerprint density at radius 3 is 2.72 bits per heavy atom. The zero-order valence-electron chi connectivity index (χ0n) is 13.9. The van der Waals surface area contributed by atoms with Crippen LogP contribution in [0.3, 0.4) is 0 Å². The van der Waals surface area contributed by atoms with Crippen molar-refractivity contribution in [3.05, 3.63) is 59.9 Å². The van der Waals surface area contributed by atoms with Crippen LogP contribution >= 0.6 is 0 Å². The first kappa shape index (κ1) is 15.5. The van der Waals surface area contributed by atoms with Gasteiger partial charge in [0, 0.05) is 29.7 Å². The molecule has 0 amide bonds. The third-order valence-electron chi connectivity index (χ3n) is 4.34. The second-order valence-corrected chi connectivity index (χ2v) is 6.11. The van der Waals surface area contributed by atoms with Crippen molar-refractivity contribution < 1.29 is 4.74 Å². The highest BCUT2D eigenvalue weighted by atomic mass is 16.5. The molecule has 0 aliphatic heterocycles. The number of pyridine rings is 2. The number of ether oxygens (including phenoxy) is 1. The Morgan fingerprint density at radius 1 is 1.04 bits per heavy atom. The van der Waals surface area contributed by atoms with Gasteiger partial charge in [-0.3, -0.25) is 0 Å². The molecule has 0 atom stereocenters. The third-order valence-corrected chi connectivity index (χ3v) is 4.34. The fraction of sp³-hybridized carbons (Fsp3) is 0.263. The van der Waals surface area contributed by atoms with Gasteiger partial charge in [-0.1, -0.05) is 6.07 Å². The summed E-state index contributed by atoms with van der Waals surface area (Å²) >= 11 is 0. The Balaban J connectivity index is 1.66. The summed E-state index contributed by atoms with van der Waals surface area (Å²) in [6, 6.07) is 7.50. The molecule has 3 heterocycles. The van der Waals surface area contributed by atoms with E-state index in [-0.39, 0.29) is 0 Å². The molecule has 6 nitrogen and oxygen atoms in total. The van der Waals surface area contributed by atoms with Gasteiger partial charge in [0.15, 0.2) is 0 Å². The van der Waals surface area contributed by atoms with E-state index in [0.717, 1.165) is 41.8 Å². The van der Waals surface area contributed by atoms with Crippen LogP contribution in [0.2, 0.25) is 0 Å². The first-order valence-corrected chi connectivity index (χ1v) is 8.42. The zero-order valence-corrected chi connectivity index (χ0v) is 13.9. The van der Waals surface area contributed by atoms with Crippen molar-refractivity contribution in [2.24, 2.45) is 0 Å². The maximum absolute atomic E-state index is 5.91. The Labute approximate surface area is 146 Å². The monoisotopic (exact) mass is 333 g/mol. The summed E-state index contributed by atoms with van der Waals surface area (Å²) in [7, 11) is 0. The first-order valence-electron chi connectivity index (χ1n) is 8.42. The van der Waals surface area contributed by atoms with Gasteiger partial charge >= 0.3 is 0 Å². The number of nitrogens with two attached hydrogens (primary N) is 1. The summed E-state index contributed by atoms with van der Waals surface area (Å²) in [5.74, 6) is 1.09. The standard InChI is InChI=1S/C19H19N5O/c20-18-7-3-4-14(23-18)11-25-19-8-16(13-9-21-12-22-10-13)15-5-1-2-6-17(15)24-19/h3-4,7-10,12H,1-2,5-6,11H2,(H2,20,23). The van der Waals surface area contributed by atoms with Crippen molar-refractivity contribution in [1.29, 1.82) is 0 Å². The van der Waals surface area contributed by atoms with E-state index in [0.29, 0.717) is 18.3 Å². The number of hydrogen-bond acceptors (Lipinski definition) is 6. The van der Waals surface area contributed by atoms with E-state index in [2.05, 4.69) is 15.0 Å². The van der Waals surface area contributed by atoms with Crippen LogP contribution in [0.4, 0.5) is 5.82 Å². The number of fused-ring (bicyclic) bond motifs is 1. The average Bonchev–Trinajstić information content (AvgIpc) is 2.66. The maximum Gasteiger partial charge on any atom is 0.214 e. The van der Waals surface area contributed by atoms with Crippen LogP contribution in [0.25, 0.3) is 11.1 Å². The molecule has 0 saturated heterocycles. The SMILES string of the molecule is Nc1cccc(COc2cc(-c3cncnc3)c3c(n2)CCCC3)n1. The Morgan fingerprint density at radius 2 is 1.88 bits per heavy atom. The Kier molecular flexibility index (Phi) is 4.24. The number of hydrogen-bond donors (Lipinski definition) is 1. The van der Waals surface area contributed by atoms with Gasteiger partial charge in [-0.2, -0.15) is 0 Å². The van der Waals surface area contributed by atoms with Gasteiger partial charge in [-0.25, -0.2) is 19.9 Å². The molecule has 3 aromatic rings. The summed E-state index contributed by atoms with van der Waals surface area (Å²) in [5.41, 5.74) is 11.0.